The first-order valence-electron chi connectivity index (χ1n) is 9.36. The summed E-state index contributed by atoms with van der Waals surface area (Å²) in [7, 11) is 1.92. The van der Waals surface area contributed by atoms with Crippen molar-refractivity contribution >= 4 is 0 Å². The molecule has 2 bridgehead atoms. The molecule has 0 aromatic heterocycles. The van der Waals surface area contributed by atoms with Crippen LogP contribution in [0.1, 0.15) is 31.2 Å². The molecule has 0 radical (unpaired) electrons. The highest BCUT2D eigenvalue weighted by Gasteiger charge is 2.44. The minimum atomic E-state index is 0.561. The predicted molar refractivity (Wildman–Crippen MR) is 93.3 cm³/mol. The highest BCUT2D eigenvalue weighted by molar-refractivity contribution is 5.14. The quantitative estimate of drug-likeness (QED) is 0.850. The van der Waals surface area contributed by atoms with E-state index >= 15 is 0 Å². The lowest BCUT2D eigenvalue weighted by atomic mass is 9.82. The normalized spacial score (nSPS) is 35.5. The third-order valence-corrected chi connectivity index (χ3v) is 6.43. The van der Waals surface area contributed by atoms with Gasteiger partial charge >= 0.3 is 0 Å². The molecular formula is C20H30N2O. The third kappa shape index (κ3) is 3.33. The van der Waals surface area contributed by atoms with Crippen LogP contribution in [0.2, 0.25) is 0 Å². The number of methoxy groups -OCH3 is 1. The van der Waals surface area contributed by atoms with Crippen LogP contribution < -0.4 is 0 Å². The van der Waals surface area contributed by atoms with E-state index in [1.165, 1.54) is 57.4 Å². The predicted octanol–water partition coefficient (Wildman–Crippen LogP) is 3.01. The fourth-order valence-corrected chi connectivity index (χ4v) is 5.25. The van der Waals surface area contributed by atoms with Crippen molar-refractivity contribution in [2.75, 3.05) is 33.3 Å². The van der Waals surface area contributed by atoms with Gasteiger partial charge in [-0.05, 0) is 43.1 Å². The van der Waals surface area contributed by atoms with Crippen LogP contribution >= 0.6 is 0 Å². The van der Waals surface area contributed by atoms with E-state index in [0.717, 1.165) is 24.4 Å². The number of piperazine rings is 1. The molecule has 3 fully saturated rings. The Labute approximate surface area is 140 Å². The molecule has 3 heteroatoms. The first kappa shape index (κ1) is 15.6. The van der Waals surface area contributed by atoms with Crippen LogP contribution in [-0.2, 0) is 11.3 Å². The van der Waals surface area contributed by atoms with Gasteiger partial charge < -0.3 is 4.74 Å². The molecule has 1 aliphatic heterocycles. The fraction of sp³-hybridized carbons (Fsp3) is 0.700. The van der Waals surface area contributed by atoms with E-state index in [1.807, 2.05) is 7.11 Å². The monoisotopic (exact) mass is 314 g/mol. The van der Waals surface area contributed by atoms with Crippen LogP contribution in [0.15, 0.2) is 30.3 Å². The molecule has 1 aromatic carbocycles. The zero-order valence-corrected chi connectivity index (χ0v) is 14.4. The minimum absolute atomic E-state index is 0.561. The molecule has 2 unspecified atom stereocenters. The largest absolute Gasteiger partial charge is 0.381 e. The molecule has 1 saturated heterocycles. The number of benzene rings is 1. The van der Waals surface area contributed by atoms with Crippen molar-refractivity contribution in [1.29, 1.82) is 0 Å². The maximum absolute atomic E-state index is 5.77. The topological polar surface area (TPSA) is 15.7 Å². The van der Waals surface area contributed by atoms with Gasteiger partial charge in [0.05, 0.1) is 6.10 Å². The van der Waals surface area contributed by atoms with Crippen molar-refractivity contribution in [3.8, 4) is 0 Å². The lowest BCUT2D eigenvalue weighted by Gasteiger charge is -2.44. The SMILES string of the molecule is COC1C2CCC1CC(N1CCN(Cc3ccccc3)CC1)C2. The van der Waals surface area contributed by atoms with Crippen LogP contribution in [0, 0.1) is 11.8 Å². The summed E-state index contributed by atoms with van der Waals surface area (Å²) >= 11 is 0. The van der Waals surface area contributed by atoms with E-state index < -0.39 is 0 Å². The lowest BCUT2D eigenvalue weighted by molar-refractivity contribution is -0.0242. The van der Waals surface area contributed by atoms with E-state index in [1.54, 1.807) is 0 Å². The van der Waals surface area contributed by atoms with Crippen molar-refractivity contribution < 1.29 is 4.74 Å². The Kier molecular flexibility index (Phi) is 4.70. The molecular weight excluding hydrogens is 284 g/mol. The molecule has 4 rings (SSSR count). The van der Waals surface area contributed by atoms with Gasteiger partial charge in [-0.2, -0.15) is 0 Å². The van der Waals surface area contributed by atoms with E-state index in [9.17, 15) is 0 Å². The Morgan fingerprint density at radius 1 is 0.957 bits per heavy atom. The molecule has 3 aliphatic rings. The van der Waals surface area contributed by atoms with Crippen molar-refractivity contribution in [3.63, 3.8) is 0 Å². The van der Waals surface area contributed by atoms with Crippen LogP contribution in [0.5, 0.6) is 0 Å². The summed E-state index contributed by atoms with van der Waals surface area (Å²) in [6.07, 6.45) is 6.09. The molecule has 126 valence electrons. The summed E-state index contributed by atoms with van der Waals surface area (Å²) in [5.41, 5.74) is 1.44. The summed E-state index contributed by atoms with van der Waals surface area (Å²) in [4.78, 5) is 5.39. The van der Waals surface area contributed by atoms with Crippen LogP contribution in [0.4, 0.5) is 0 Å². The van der Waals surface area contributed by atoms with E-state index in [-0.39, 0.29) is 0 Å². The molecule has 0 N–H and O–H groups in total. The second-order valence-electron chi connectivity index (χ2n) is 7.72. The van der Waals surface area contributed by atoms with Crippen molar-refractivity contribution in [2.24, 2.45) is 11.8 Å². The highest BCUT2D eigenvalue weighted by Crippen LogP contribution is 2.45. The van der Waals surface area contributed by atoms with Gasteiger partial charge in [-0.25, -0.2) is 0 Å². The molecule has 2 saturated carbocycles. The Morgan fingerprint density at radius 2 is 1.61 bits per heavy atom. The van der Waals surface area contributed by atoms with Gasteiger partial charge in [0.25, 0.3) is 0 Å². The Bertz CT molecular complexity index is 484. The zero-order chi connectivity index (χ0) is 15.6. The van der Waals surface area contributed by atoms with E-state index in [2.05, 4.69) is 40.1 Å². The average molecular weight is 314 g/mol. The standard InChI is InChI=1S/C20H30N2O/c1-23-20-17-7-8-18(20)14-19(13-17)22-11-9-21(10-12-22)15-16-5-3-2-4-6-16/h2-6,17-20H,7-15H2,1H3. The summed E-state index contributed by atoms with van der Waals surface area (Å²) < 4.78 is 5.77. The molecule has 1 aromatic rings. The molecule has 0 spiro atoms. The fourth-order valence-electron chi connectivity index (χ4n) is 5.25. The van der Waals surface area contributed by atoms with E-state index in [0.29, 0.717) is 6.10 Å². The zero-order valence-electron chi connectivity index (χ0n) is 14.4. The van der Waals surface area contributed by atoms with E-state index in [4.69, 9.17) is 4.74 Å². The Morgan fingerprint density at radius 3 is 2.22 bits per heavy atom. The molecule has 23 heavy (non-hydrogen) atoms. The van der Waals surface area contributed by atoms with Gasteiger partial charge in [0.15, 0.2) is 0 Å². The molecule has 3 nitrogen and oxygen atoms in total. The van der Waals surface area contributed by atoms with Crippen LogP contribution in [0.3, 0.4) is 0 Å². The second kappa shape index (κ2) is 6.92. The highest BCUT2D eigenvalue weighted by atomic mass is 16.5. The maximum Gasteiger partial charge on any atom is 0.0628 e. The molecule has 0 amide bonds. The Hall–Kier alpha value is -0.900. The minimum Gasteiger partial charge on any atom is -0.381 e. The first-order valence-corrected chi connectivity index (χ1v) is 9.36. The third-order valence-electron chi connectivity index (χ3n) is 6.43. The van der Waals surface area contributed by atoms with Gasteiger partial charge in [0, 0.05) is 45.9 Å². The number of hydrogen-bond acceptors (Lipinski definition) is 3. The summed E-state index contributed by atoms with van der Waals surface area (Å²) in [6.45, 7) is 6.03. The van der Waals surface area contributed by atoms with Crippen molar-refractivity contribution in [3.05, 3.63) is 35.9 Å². The summed E-state index contributed by atoms with van der Waals surface area (Å²) in [6, 6.07) is 11.7. The smallest absolute Gasteiger partial charge is 0.0628 e. The van der Waals surface area contributed by atoms with Gasteiger partial charge in [0.1, 0.15) is 0 Å². The summed E-state index contributed by atoms with van der Waals surface area (Å²) in [5, 5.41) is 0. The second-order valence-corrected chi connectivity index (χ2v) is 7.72. The van der Waals surface area contributed by atoms with Crippen LogP contribution in [-0.4, -0.2) is 55.2 Å². The molecule has 1 heterocycles. The number of ether oxygens (including phenoxy) is 1. The average Bonchev–Trinajstić information content (AvgIpc) is 2.84. The maximum atomic E-state index is 5.77. The summed E-state index contributed by atoms with van der Waals surface area (Å²) in [5.74, 6) is 1.65. The molecule has 2 aliphatic carbocycles. The van der Waals surface area contributed by atoms with Gasteiger partial charge in [0.2, 0.25) is 0 Å². The Balaban J connectivity index is 1.29. The number of hydrogen-bond donors (Lipinski definition) is 0. The lowest BCUT2D eigenvalue weighted by Crippen LogP contribution is -2.52. The number of nitrogens with zero attached hydrogens (tertiary/aromatic N) is 2. The van der Waals surface area contributed by atoms with Crippen LogP contribution in [0.25, 0.3) is 0 Å². The van der Waals surface area contributed by atoms with Gasteiger partial charge in [-0.15, -0.1) is 0 Å². The number of fused-ring (bicyclic) bond motifs is 2. The van der Waals surface area contributed by atoms with Gasteiger partial charge in [-0.1, -0.05) is 30.3 Å². The van der Waals surface area contributed by atoms with Crippen molar-refractivity contribution in [2.45, 2.75) is 44.4 Å². The van der Waals surface area contributed by atoms with Gasteiger partial charge in [-0.3, -0.25) is 9.80 Å². The number of rotatable bonds is 4. The van der Waals surface area contributed by atoms with Crippen molar-refractivity contribution in [1.82, 2.24) is 9.80 Å². The molecule has 2 atom stereocenters. The first-order chi connectivity index (χ1) is 11.3.